The van der Waals surface area contributed by atoms with E-state index in [2.05, 4.69) is 5.32 Å². The number of sulfonamides is 1. The maximum atomic E-state index is 11.8. The van der Waals surface area contributed by atoms with Crippen LogP contribution in [0.1, 0.15) is 46.0 Å². The lowest BCUT2D eigenvalue weighted by molar-refractivity contribution is 0.215. The number of imide groups is 1. The molecule has 0 atom stereocenters. The standard InChI is InChI=1S/C12H25N3O4S/c1-4-6-8-9-13-11(16)14-12(17)15(10-7-5-2)20(3,18)19/h4-10H2,1-3H3,(H2,13,14,16,17). The van der Waals surface area contributed by atoms with Gasteiger partial charge in [-0.1, -0.05) is 33.1 Å². The Morgan fingerprint density at radius 1 is 1.05 bits per heavy atom. The van der Waals surface area contributed by atoms with E-state index in [0.717, 1.165) is 31.9 Å². The summed E-state index contributed by atoms with van der Waals surface area (Å²) < 4.78 is 23.7. The van der Waals surface area contributed by atoms with Crippen LogP contribution in [0.5, 0.6) is 0 Å². The van der Waals surface area contributed by atoms with Crippen molar-refractivity contribution in [2.24, 2.45) is 0 Å². The molecule has 0 heterocycles. The van der Waals surface area contributed by atoms with Crippen LogP contribution in [0.25, 0.3) is 0 Å². The molecule has 0 rings (SSSR count). The van der Waals surface area contributed by atoms with Crippen molar-refractivity contribution in [2.45, 2.75) is 46.0 Å². The fourth-order valence-corrected chi connectivity index (χ4v) is 2.31. The van der Waals surface area contributed by atoms with Crippen LogP contribution in [0.3, 0.4) is 0 Å². The molecule has 2 N–H and O–H groups in total. The van der Waals surface area contributed by atoms with Gasteiger partial charge < -0.3 is 5.32 Å². The molecule has 0 spiro atoms. The van der Waals surface area contributed by atoms with Crippen molar-refractivity contribution in [3.05, 3.63) is 0 Å². The summed E-state index contributed by atoms with van der Waals surface area (Å²) in [5, 5.41) is 4.55. The third-order valence-electron chi connectivity index (χ3n) is 2.63. The molecule has 0 aliphatic heterocycles. The molecule has 0 aromatic heterocycles. The van der Waals surface area contributed by atoms with E-state index in [1.54, 1.807) is 0 Å². The summed E-state index contributed by atoms with van der Waals surface area (Å²) in [6.07, 6.45) is 5.09. The Kier molecular flexibility index (Phi) is 8.94. The van der Waals surface area contributed by atoms with Gasteiger partial charge in [0.2, 0.25) is 10.0 Å². The number of hydrogen-bond acceptors (Lipinski definition) is 4. The van der Waals surface area contributed by atoms with Gasteiger partial charge in [0.05, 0.1) is 6.26 Å². The van der Waals surface area contributed by atoms with Gasteiger partial charge >= 0.3 is 12.1 Å². The van der Waals surface area contributed by atoms with E-state index in [-0.39, 0.29) is 6.54 Å². The highest BCUT2D eigenvalue weighted by molar-refractivity contribution is 7.88. The summed E-state index contributed by atoms with van der Waals surface area (Å²) in [5.41, 5.74) is 0. The Morgan fingerprint density at radius 2 is 1.65 bits per heavy atom. The molecule has 0 bridgehead atoms. The van der Waals surface area contributed by atoms with Gasteiger partial charge in [-0.25, -0.2) is 22.3 Å². The second-order valence-electron chi connectivity index (χ2n) is 4.58. The van der Waals surface area contributed by atoms with Crippen LogP contribution in [0.15, 0.2) is 0 Å². The summed E-state index contributed by atoms with van der Waals surface area (Å²) >= 11 is 0. The van der Waals surface area contributed by atoms with Crippen molar-refractivity contribution in [3.63, 3.8) is 0 Å². The minimum Gasteiger partial charge on any atom is -0.338 e. The zero-order valence-corrected chi connectivity index (χ0v) is 13.3. The van der Waals surface area contributed by atoms with Crippen LogP contribution < -0.4 is 10.6 Å². The predicted octanol–water partition coefficient (Wildman–Crippen LogP) is 1.66. The van der Waals surface area contributed by atoms with Gasteiger partial charge in [0.25, 0.3) is 0 Å². The second-order valence-corrected chi connectivity index (χ2v) is 6.49. The van der Waals surface area contributed by atoms with Crippen molar-refractivity contribution in [1.29, 1.82) is 0 Å². The molecule has 4 amide bonds. The first kappa shape index (κ1) is 18.7. The average Bonchev–Trinajstić information content (AvgIpc) is 2.33. The smallest absolute Gasteiger partial charge is 0.338 e. The van der Waals surface area contributed by atoms with Gasteiger partial charge in [-0.05, 0) is 12.8 Å². The van der Waals surface area contributed by atoms with Gasteiger partial charge in [-0.15, -0.1) is 0 Å². The minimum atomic E-state index is -3.67. The average molecular weight is 307 g/mol. The van der Waals surface area contributed by atoms with Crippen molar-refractivity contribution >= 4 is 22.1 Å². The maximum absolute atomic E-state index is 11.8. The predicted molar refractivity (Wildman–Crippen MR) is 77.9 cm³/mol. The van der Waals surface area contributed by atoms with Gasteiger partial charge in [0, 0.05) is 13.1 Å². The molecule has 0 aromatic rings. The molecular weight excluding hydrogens is 282 g/mol. The molecule has 0 aromatic carbocycles. The molecule has 0 aliphatic rings. The lowest BCUT2D eigenvalue weighted by Gasteiger charge is -2.20. The Labute approximate surface area is 121 Å². The Morgan fingerprint density at radius 3 is 2.15 bits per heavy atom. The molecule has 118 valence electrons. The Balaban J connectivity index is 4.35. The number of nitrogens with zero attached hydrogens (tertiary/aromatic N) is 1. The molecule has 0 aliphatic carbocycles. The summed E-state index contributed by atoms with van der Waals surface area (Å²) in [4.78, 5) is 23.2. The third kappa shape index (κ3) is 7.98. The first-order valence-corrected chi connectivity index (χ1v) is 8.74. The van der Waals surface area contributed by atoms with Crippen LogP contribution >= 0.6 is 0 Å². The lowest BCUT2D eigenvalue weighted by atomic mass is 10.2. The highest BCUT2D eigenvalue weighted by Crippen LogP contribution is 2.02. The van der Waals surface area contributed by atoms with Crippen LogP contribution in [0, 0.1) is 0 Å². The number of carbonyl (C=O) groups excluding carboxylic acids is 2. The molecule has 20 heavy (non-hydrogen) atoms. The first-order chi connectivity index (χ1) is 9.32. The normalized spacial score (nSPS) is 10.9. The largest absolute Gasteiger partial charge is 0.339 e. The topological polar surface area (TPSA) is 95.6 Å². The monoisotopic (exact) mass is 307 g/mol. The first-order valence-electron chi connectivity index (χ1n) is 6.89. The summed E-state index contributed by atoms with van der Waals surface area (Å²) in [6, 6.07) is -1.58. The van der Waals surface area contributed by atoms with E-state index in [9.17, 15) is 18.0 Å². The highest BCUT2D eigenvalue weighted by atomic mass is 32.2. The number of hydrogen-bond donors (Lipinski definition) is 2. The van der Waals surface area contributed by atoms with Crippen LogP contribution in [0.2, 0.25) is 0 Å². The van der Waals surface area contributed by atoms with Gasteiger partial charge in [0.1, 0.15) is 0 Å². The van der Waals surface area contributed by atoms with E-state index >= 15 is 0 Å². The number of urea groups is 2. The molecule has 7 nitrogen and oxygen atoms in total. The van der Waals surface area contributed by atoms with Gasteiger partial charge in [-0.2, -0.15) is 0 Å². The van der Waals surface area contributed by atoms with E-state index < -0.39 is 22.1 Å². The number of carbonyl (C=O) groups is 2. The quantitative estimate of drug-likeness (QED) is 0.667. The minimum absolute atomic E-state index is 0.0737. The fraction of sp³-hybridized carbons (Fsp3) is 0.833. The Bertz CT molecular complexity index is 409. The number of rotatable bonds is 8. The number of nitrogens with one attached hydrogen (secondary N) is 2. The van der Waals surface area contributed by atoms with Crippen molar-refractivity contribution in [3.8, 4) is 0 Å². The van der Waals surface area contributed by atoms with Crippen LogP contribution in [-0.4, -0.2) is 44.1 Å². The Hall–Kier alpha value is -1.31. The molecule has 0 saturated heterocycles. The van der Waals surface area contributed by atoms with Crippen LogP contribution in [-0.2, 0) is 10.0 Å². The summed E-state index contributed by atoms with van der Waals surface area (Å²) in [7, 11) is -3.67. The molecular formula is C12H25N3O4S. The molecule has 0 unspecified atom stereocenters. The number of unbranched alkanes of at least 4 members (excludes halogenated alkanes) is 3. The zero-order chi connectivity index (χ0) is 15.6. The van der Waals surface area contributed by atoms with Gasteiger partial charge in [0.15, 0.2) is 0 Å². The summed E-state index contributed by atoms with van der Waals surface area (Å²) in [6.45, 7) is 4.46. The second kappa shape index (κ2) is 9.57. The zero-order valence-electron chi connectivity index (χ0n) is 12.4. The van der Waals surface area contributed by atoms with E-state index in [4.69, 9.17) is 0 Å². The van der Waals surface area contributed by atoms with Crippen LogP contribution in [0.4, 0.5) is 9.59 Å². The molecule has 0 saturated carbocycles. The number of amides is 4. The molecule has 0 fully saturated rings. The highest BCUT2D eigenvalue weighted by Gasteiger charge is 2.23. The van der Waals surface area contributed by atoms with Crippen molar-refractivity contribution in [1.82, 2.24) is 14.9 Å². The van der Waals surface area contributed by atoms with Gasteiger partial charge in [-0.3, -0.25) is 5.32 Å². The SMILES string of the molecule is CCCCCNC(=O)NC(=O)N(CCCC)S(C)(=O)=O. The third-order valence-corrected chi connectivity index (χ3v) is 3.78. The van der Waals surface area contributed by atoms with Crippen molar-refractivity contribution in [2.75, 3.05) is 19.3 Å². The summed E-state index contributed by atoms with van der Waals surface area (Å²) in [5.74, 6) is 0. The van der Waals surface area contributed by atoms with Crippen molar-refractivity contribution < 1.29 is 18.0 Å². The van der Waals surface area contributed by atoms with E-state index in [0.29, 0.717) is 17.3 Å². The van der Waals surface area contributed by atoms with E-state index in [1.165, 1.54) is 0 Å². The molecule has 8 heteroatoms. The lowest BCUT2D eigenvalue weighted by Crippen LogP contribution is -2.49. The molecule has 0 radical (unpaired) electrons. The maximum Gasteiger partial charge on any atom is 0.339 e. The fourth-order valence-electron chi connectivity index (χ4n) is 1.50. The van der Waals surface area contributed by atoms with E-state index in [1.807, 2.05) is 19.2 Å².